The van der Waals surface area contributed by atoms with Crippen LogP contribution in [0, 0.1) is 23.7 Å². The second-order valence-corrected chi connectivity index (χ2v) is 2.29. The minimum Gasteiger partial charge on any atom is -0.508 e. The van der Waals surface area contributed by atoms with Gasteiger partial charge >= 0.3 is 0 Å². The van der Waals surface area contributed by atoms with Crippen LogP contribution in [-0.4, -0.2) is 11.7 Å². The second kappa shape index (κ2) is 4.04. The van der Waals surface area contributed by atoms with Gasteiger partial charge in [-0.2, -0.15) is 5.26 Å². The summed E-state index contributed by atoms with van der Waals surface area (Å²) in [4.78, 5) is 0. The first-order chi connectivity index (χ1) is 6.27. The average molecular weight is 173 g/mol. The molecule has 1 aromatic carbocycles. The highest BCUT2D eigenvalue weighted by atomic mass is 16.5. The average Bonchev–Trinajstić information content (AvgIpc) is 2.15. The molecule has 0 fully saturated rings. The smallest absolute Gasteiger partial charge is 0.148 e. The fourth-order valence-electron chi connectivity index (χ4n) is 0.842. The molecule has 0 bridgehead atoms. The van der Waals surface area contributed by atoms with E-state index in [0.717, 1.165) is 0 Å². The molecule has 0 heterocycles. The molecule has 0 aliphatic carbocycles. The summed E-state index contributed by atoms with van der Waals surface area (Å²) in [7, 11) is 0. The molecular weight excluding hydrogens is 166 g/mol. The number of hydrogen-bond donors (Lipinski definition) is 1. The molecule has 0 atom stereocenters. The van der Waals surface area contributed by atoms with E-state index in [4.69, 9.17) is 21.5 Å². The van der Waals surface area contributed by atoms with E-state index in [-0.39, 0.29) is 12.4 Å². The molecule has 1 N–H and O–H groups in total. The van der Waals surface area contributed by atoms with Gasteiger partial charge in [0, 0.05) is 6.07 Å². The molecule has 3 nitrogen and oxygen atoms in total. The maximum atomic E-state index is 9.09. The molecule has 0 radical (unpaired) electrons. The van der Waals surface area contributed by atoms with Crippen molar-refractivity contribution in [1.82, 2.24) is 0 Å². The van der Waals surface area contributed by atoms with Crippen LogP contribution in [0.15, 0.2) is 18.2 Å². The summed E-state index contributed by atoms with van der Waals surface area (Å²) in [6.45, 7) is 0.0815. The zero-order valence-corrected chi connectivity index (χ0v) is 6.82. The van der Waals surface area contributed by atoms with Gasteiger partial charge in [0.2, 0.25) is 0 Å². The highest BCUT2D eigenvalue weighted by Gasteiger charge is 2.02. The number of ether oxygens (including phenoxy) is 1. The maximum absolute atomic E-state index is 9.09. The molecule has 13 heavy (non-hydrogen) atoms. The molecule has 1 rings (SSSR count). The van der Waals surface area contributed by atoms with Crippen molar-refractivity contribution in [3.63, 3.8) is 0 Å². The minimum absolute atomic E-state index is 0.0472. The van der Waals surface area contributed by atoms with Crippen molar-refractivity contribution in [2.45, 2.75) is 0 Å². The number of aromatic hydroxyl groups is 1. The lowest BCUT2D eigenvalue weighted by atomic mass is 10.2. The van der Waals surface area contributed by atoms with Crippen molar-refractivity contribution in [2.24, 2.45) is 0 Å². The lowest BCUT2D eigenvalue weighted by Crippen LogP contribution is -1.95. The van der Waals surface area contributed by atoms with Gasteiger partial charge in [0.05, 0.1) is 5.56 Å². The van der Waals surface area contributed by atoms with Gasteiger partial charge in [0.15, 0.2) is 0 Å². The minimum atomic E-state index is 0.0472. The maximum Gasteiger partial charge on any atom is 0.148 e. The Morgan fingerprint density at radius 1 is 1.54 bits per heavy atom. The molecule has 0 saturated heterocycles. The number of hydrogen-bond acceptors (Lipinski definition) is 3. The third-order valence-corrected chi connectivity index (χ3v) is 1.40. The van der Waals surface area contributed by atoms with Gasteiger partial charge in [-0.25, -0.2) is 0 Å². The number of phenolic OH excluding ortho intramolecular Hbond substituents is 1. The Hall–Kier alpha value is -2.13. The van der Waals surface area contributed by atoms with Gasteiger partial charge in [-0.15, -0.1) is 6.42 Å². The summed E-state index contributed by atoms with van der Waals surface area (Å²) in [6.07, 6.45) is 4.99. The van der Waals surface area contributed by atoms with Crippen molar-refractivity contribution in [1.29, 1.82) is 5.26 Å². The van der Waals surface area contributed by atoms with E-state index in [1.54, 1.807) is 0 Å². The van der Waals surface area contributed by atoms with Crippen LogP contribution in [0.4, 0.5) is 0 Å². The Bertz CT molecular complexity index is 385. The lowest BCUT2D eigenvalue weighted by molar-refractivity contribution is 0.365. The summed E-state index contributed by atoms with van der Waals surface area (Å²) in [5.41, 5.74) is 0.355. The quantitative estimate of drug-likeness (QED) is 0.685. The van der Waals surface area contributed by atoms with Crippen LogP contribution in [0.3, 0.4) is 0 Å². The van der Waals surface area contributed by atoms with Crippen molar-refractivity contribution < 1.29 is 9.84 Å². The van der Waals surface area contributed by atoms with Gasteiger partial charge in [-0.3, -0.25) is 0 Å². The molecular formula is C10H7NO2. The monoisotopic (exact) mass is 173 g/mol. The highest BCUT2D eigenvalue weighted by Crippen LogP contribution is 2.22. The largest absolute Gasteiger partial charge is 0.508 e. The SMILES string of the molecule is C#CCOc1cc(O)ccc1C#N. The zero-order valence-electron chi connectivity index (χ0n) is 6.82. The zero-order chi connectivity index (χ0) is 9.68. The van der Waals surface area contributed by atoms with Gasteiger partial charge in [0.1, 0.15) is 24.2 Å². The van der Waals surface area contributed by atoms with Gasteiger partial charge < -0.3 is 9.84 Å². The molecule has 0 aliphatic heterocycles. The summed E-state index contributed by atoms with van der Waals surface area (Å²) in [5, 5.41) is 17.7. The predicted octanol–water partition coefficient (Wildman–Crippen LogP) is 1.28. The number of rotatable bonds is 2. The number of nitrogens with zero attached hydrogens (tertiary/aromatic N) is 1. The summed E-state index contributed by atoms with van der Waals surface area (Å²) in [5.74, 6) is 2.63. The van der Waals surface area contributed by atoms with Gasteiger partial charge in [0.25, 0.3) is 0 Å². The molecule has 0 saturated carbocycles. The number of nitriles is 1. The number of terminal acetylenes is 1. The van der Waals surface area contributed by atoms with Crippen LogP contribution in [0.25, 0.3) is 0 Å². The first kappa shape index (κ1) is 8.96. The Morgan fingerprint density at radius 2 is 2.31 bits per heavy atom. The van der Waals surface area contributed by atoms with E-state index >= 15 is 0 Å². The third kappa shape index (κ3) is 2.15. The molecule has 3 heteroatoms. The van der Waals surface area contributed by atoms with Crippen molar-refractivity contribution in [3.05, 3.63) is 23.8 Å². The molecule has 1 aromatic rings. The van der Waals surface area contributed by atoms with Crippen LogP contribution in [-0.2, 0) is 0 Å². The van der Waals surface area contributed by atoms with Crippen LogP contribution in [0.1, 0.15) is 5.56 Å². The van der Waals surface area contributed by atoms with Crippen LogP contribution >= 0.6 is 0 Å². The van der Waals surface area contributed by atoms with Gasteiger partial charge in [-0.1, -0.05) is 5.92 Å². The number of phenols is 1. The molecule has 0 aromatic heterocycles. The predicted molar refractivity (Wildman–Crippen MR) is 47.1 cm³/mol. The van der Waals surface area contributed by atoms with E-state index in [0.29, 0.717) is 11.3 Å². The Morgan fingerprint density at radius 3 is 2.92 bits per heavy atom. The first-order valence-electron chi connectivity index (χ1n) is 3.57. The fraction of sp³-hybridized carbons (Fsp3) is 0.100. The van der Waals surface area contributed by atoms with E-state index in [1.165, 1.54) is 18.2 Å². The van der Waals surface area contributed by atoms with E-state index < -0.39 is 0 Å². The molecule has 0 unspecified atom stereocenters. The molecule has 0 amide bonds. The van der Waals surface area contributed by atoms with Crippen LogP contribution < -0.4 is 4.74 Å². The van der Waals surface area contributed by atoms with Crippen molar-refractivity contribution in [3.8, 4) is 29.9 Å². The standard InChI is InChI=1S/C10H7NO2/c1-2-5-13-10-6-9(12)4-3-8(10)7-11/h1,3-4,6,12H,5H2. The Kier molecular flexibility index (Phi) is 2.78. The van der Waals surface area contributed by atoms with Crippen LogP contribution in [0.2, 0.25) is 0 Å². The van der Waals surface area contributed by atoms with E-state index in [9.17, 15) is 0 Å². The van der Waals surface area contributed by atoms with Crippen molar-refractivity contribution in [2.75, 3.05) is 6.61 Å². The van der Waals surface area contributed by atoms with E-state index in [1.807, 2.05) is 6.07 Å². The Labute approximate surface area is 76.2 Å². The first-order valence-corrected chi connectivity index (χ1v) is 3.57. The lowest BCUT2D eigenvalue weighted by Gasteiger charge is -2.03. The summed E-state index contributed by atoms with van der Waals surface area (Å²) >= 11 is 0. The summed E-state index contributed by atoms with van der Waals surface area (Å²) in [6, 6.07) is 6.18. The van der Waals surface area contributed by atoms with E-state index in [2.05, 4.69) is 5.92 Å². The topological polar surface area (TPSA) is 53.2 Å². The van der Waals surface area contributed by atoms with Crippen molar-refractivity contribution >= 4 is 0 Å². The fourth-order valence-corrected chi connectivity index (χ4v) is 0.842. The molecule has 0 aliphatic rings. The normalized spacial score (nSPS) is 8.46. The molecule has 0 spiro atoms. The Balaban J connectivity index is 2.97. The van der Waals surface area contributed by atoms with Crippen LogP contribution in [0.5, 0.6) is 11.5 Å². The molecule has 64 valence electrons. The number of benzene rings is 1. The summed E-state index contributed by atoms with van der Waals surface area (Å²) < 4.78 is 5.04. The third-order valence-electron chi connectivity index (χ3n) is 1.40. The highest BCUT2D eigenvalue weighted by molar-refractivity contribution is 5.47. The van der Waals surface area contributed by atoms with Gasteiger partial charge in [-0.05, 0) is 12.1 Å². The second-order valence-electron chi connectivity index (χ2n) is 2.29.